The van der Waals surface area contributed by atoms with Crippen molar-refractivity contribution in [2.75, 3.05) is 76.5 Å². The van der Waals surface area contributed by atoms with Gasteiger partial charge < -0.3 is 20.0 Å². The zero-order valence-electron chi connectivity index (χ0n) is 17.0. The van der Waals surface area contributed by atoms with Crippen molar-refractivity contribution in [3.63, 3.8) is 0 Å². The first-order valence-electron chi connectivity index (χ1n) is 7.96. The summed E-state index contributed by atoms with van der Waals surface area (Å²) < 4.78 is 0. The summed E-state index contributed by atoms with van der Waals surface area (Å²) in [4.78, 5) is 17.4. The molecule has 0 heterocycles. The molecule has 0 aromatic rings. The van der Waals surface area contributed by atoms with Gasteiger partial charge in [-0.2, -0.15) is 0 Å². The predicted molar refractivity (Wildman–Crippen MR) is 106 cm³/mol. The number of nitrogens with zero attached hydrogens (tertiary/aromatic N) is 7. The number of likely N-dealkylation sites (N-methyl/N-ethyl adjacent to an activating group) is 1. The lowest BCUT2D eigenvalue weighted by Gasteiger charge is -2.32. The molecule has 0 atom stereocenters. The first-order valence-corrected chi connectivity index (χ1v) is 7.96. The Morgan fingerprint density at radius 1 is 0.800 bits per heavy atom. The van der Waals surface area contributed by atoms with Crippen LogP contribution in [0.4, 0.5) is 0 Å². The average molecular weight is 355 g/mol. The van der Waals surface area contributed by atoms with Gasteiger partial charge in [-0.1, -0.05) is 0 Å². The van der Waals surface area contributed by atoms with Gasteiger partial charge in [-0.3, -0.25) is 30.6 Å². The number of guanidine groups is 4. The third kappa shape index (κ3) is 6.48. The second kappa shape index (κ2) is 10.4. The molecule has 25 heavy (non-hydrogen) atoms. The van der Waals surface area contributed by atoms with Crippen LogP contribution >= 0.6 is 0 Å². The van der Waals surface area contributed by atoms with Gasteiger partial charge in [0.15, 0.2) is 11.9 Å². The van der Waals surface area contributed by atoms with Gasteiger partial charge in [0.25, 0.3) is 0 Å². The summed E-state index contributed by atoms with van der Waals surface area (Å²) >= 11 is 0. The molecule has 0 radical (unpaired) electrons. The van der Waals surface area contributed by atoms with Crippen molar-refractivity contribution in [1.82, 2.24) is 29.8 Å². The van der Waals surface area contributed by atoms with E-state index >= 15 is 0 Å². The molecule has 0 spiro atoms. The molecule has 0 amide bonds. The number of hydrogen-bond acceptors (Lipinski definition) is 4. The highest BCUT2D eigenvalue weighted by molar-refractivity contribution is 5.97. The third-order valence-electron chi connectivity index (χ3n) is 3.56. The Morgan fingerprint density at radius 3 is 1.72 bits per heavy atom. The maximum absolute atomic E-state index is 8.13. The Bertz CT molecular complexity index is 508. The van der Waals surface area contributed by atoms with Crippen LogP contribution in [0.1, 0.15) is 0 Å². The summed E-state index contributed by atoms with van der Waals surface area (Å²) in [5.41, 5.74) is 0. The van der Waals surface area contributed by atoms with Gasteiger partial charge in [-0.15, -0.1) is 0 Å². The molecular weight excluding hydrogens is 320 g/mol. The minimum absolute atomic E-state index is 0.270. The number of aliphatic imine (C=N–C) groups is 2. The Kier molecular flexibility index (Phi) is 9.32. The van der Waals surface area contributed by atoms with Crippen LogP contribution in [0.2, 0.25) is 0 Å². The van der Waals surface area contributed by atoms with Gasteiger partial charge in [-0.05, 0) is 0 Å². The second-order valence-corrected chi connectivity index (χ2v) is 5.97. The van der Waals surface area contributed by atoms with E-state index < -0.39 is 0 Å². The standard InChI is InChI=1S/C15H34N10/c1-18-14(22(5)6)24(8)12(16)20-10-11-23(7)15(19-2)25(9)13(17)21(3)4/h17H,10-11H2,1-9H3,(H2,16,20)/b17-13?,18-14+,19-15+. The lowest BCUT2D eigenvalue weighted by molar-refractivity contribution is 0.425. The van der Waals surface area contributed by atoms with E-state index in [-0.39, 0.29) is 5.96 Å². The smallest absolute Gasteiger partial charge is 0.202 e. The zero-order chi connectivity index (χ0) is 19.7. The average Bonchev–Trinajstić information content (AvgIpc) is 2.54. The highest BCUT2D eigenvalue weighted by Crippen LogP contribution is 1.98. The van der Waals surface area contributed by atoms with Crippen molar-refractivity contribution in [3.8, 4) is 0 Å². The number of hydrogen-bond donors (Lipinski definition) is 3. The van der Waals surface area contributed by atoms with Crippen molar-refractivity contribution in [3.05, 3.63) is 0 Å². The van der Waals surface area contributed by atoms with Gasteiger partial charge in [0.1, 0.15) is 0 Å². The maximum atomic E-state index is 8.13. The summed E-state index contributed by atoms with van der Waals surface area (Å²) in [5.74, 6) is 2.00. The van der Waals surface area contributed by atoms with Crippen molar-refractivity contribution in [2.24, 2.45) is 9.98 Å². The van der Waals surface area contributed by atoms with E-state index in [4.69, 9.17) is 10.8 Å². The van der Waals surface area contributed by atoms with E-state index in [0.717, 1.165) is 0 Å². The van der Waals surface area contributed by atoms with E-state index in [2.05, 4.69) is 15.3 Å². The molecule has 0 fully saturated rings. The fourth-order valence-corrected chi connectivity index (χ4v) is 2.28. The van der Waals surface area contributed by atoms with Gasteiger partial charge >= 0.3 is 0 Å². The van der Waals surface area contributed by atoms with E-state index in [1.807, 2.05) is 52.1 Å². The lowest BCUT2D eigenvalue weighted by Crippen LogP contribution is -2.51. The fourth-order valence-electron chi connectivity index (χ4n) is 2.28. The number of nitrogens with one attached hydrogen (secondary N) is 3. The van der Waals surface area contributed by atoms with Crippen LogP contribution in [-0.4, -0.2) is 125 Å². The van der Waals surface area contributed by atoms with Crippen LogP contribution in [0, 0.1) is 10.8 Å². The van der Waals surface area contributed by atoms with Crippen molar-refractivity contribution >= 4 is 23.8 Å². The molecule has 10 heteroatoms. The van der Waals surface area contributed by atoms with Crippen molar-refractivity contribution < 1.29 is 0 Å². The molecular formula is C15H34N10. The van der Waals surface area contributed by atoms with E-state index in [9.17, 15) is 0 Å². The Hall–Kier alpha value is -2.52. The molecule has 3 N–H and O–H groups in total. The third-order valence-corrected chi connectivity index (χ3v) is 3.56. The van der Waals surface area contributed by atoms with E-state index in [0.29, 0.717) is 31.0 Å². The minimum atomic E-state index is 0.270. The van der Waals surface area contributed by atoms with Gasteiger partial charge in [0, 0.05) is 76.5 Å². The largest absolute Gasteiger partial charge is 0.354 e. The first-order chi connectivity index (χ1) is 11.6. The Labute approximate surface area is 151 Å². The van der Waals surface area contributed by atoms with Gasteiger partial charge in [0.2, 0.25) is 11.9 Å². The van der Waals surface area contributed by atoms with Crippen LogP contribution in [-0.2, 0) is 0 Å². The topological polar surface area (TPSA) is 101 Å². The minimum Gasteiger partial charge on any atom is -0.354 e. The molecule has 0 aromatic heterocycles. The molecule has 10 nitrogen and oxygen atoms in total. The normalized spacial score (nSPS) is 11.7. The number of rotatable bonds is 3. The fraction of sp³-hybridized carbons (Fsp3) is 0.733. The summed E-state index contributed by atoms with van der Waals surface area (Å²) in [6.07, 6.45) is 0. The van der Waals surface area contributed by atoms with E-state index in [1.165, 1.54) is 0 Å². The van der Waals surface area contributed by atoms with Crippen LogP contribution in [0.3, 0.4) is 0 Å². The zero-order valence-corrected chi connectivity index (χ0v) is 17.0. The summed E-state index contributed by atoms with van der Waals surface area (Å²) in [7, 11) is 16.3. The second-order valence-electron chi connectivity index (χ2n) is 5.97. The molecule has 0 aliphatic carbocycles. The molecule has 0 aromatic carbocycles. The Morgan fingerprint density at radius 2 is 1.32 bits per heavy atom. The molecule has 0 saturated heterocycles. The Balaban J connectivity index is 4.67. The molecule has 0 aliphatic rings. The molecule has 0 rings (SSSR count). The monoisotopic (exact) mass is 354 g/mol. The van der Waals surface area contributed by atoms with E-state index in [1.54, 1.807) is 35.8 Å². The van der Waals surface area contributed by atoms with Crippen molar-refractivity contribution in [1.29, 1.82) is 10.8 Å². The molecule has 144 valence electrons. The summed E-state index contributed by atoms with van der Waals surface area (Å²) in [5, 5.41) is 19.3. The maximum Gasteiger partial charge on any atom is 0.202 e. The van der Waals surface area contributed by atoms with Crippen molar-refractivity contribution in [2.45, 2.75) is 0 Å². The molecule has 0 saturated carbocycles. The van der Waals surface area contributed by atoms with Crippen LogP contribution in [0.5, 0.6) is 0 Å². The lowest BCUT2D eigenvalue weighted by atomic mass is 10.5. The highest BCUT2D eigenvalue weighted by atomic mass is 15.4. The quantitative estimate of drug-likeness (QED) is 0.459. The van der Waals surface area contributed by atoms with Crippen LogP contribution in [0.25, 0.3) is 0 Å². The SMILES string of the molecule is C/N=C(\N(C)C)N(C)C(=N)NCCN(C)/C(=N\C)N(C)C(=N)N(C)C. The molecule has 0 unspecified atom stereocenters. The highest BCUT2D eigenvalue weighted by Gasteiger charge is 2.17. The van der Waals surface area contributed by atoms with Crippen LogP contribution in [0.15, 0.2) is 9.98 Å². The molecule has 0 aliphatic heterocycles. The van der Waals surface area contributed by atoms with Crippen LogP contribution < -0.4 is 5.32 Å². The first kappa shape index (κ1) is 22.5. The predicted octanol–water partition coefficient (Wildman–Crippen LogP) is -0.664. The van der Waals surface area contributed by atoms with Gasteiger partial charge in [-0.25, -0.2) is 0 Å². The molecule has 0 bridgehead atoms. The summed E-state index contributed by atoms with van der Waals surface area (Å²) in [6, 6.07) is 0. The summed E-state index contributed by atoms with van der Waals surface area (Å²) in [6.45, 7) is 1.20. The van der Waals surface area contributed by atoms with Gasteiger partial charge in [0.05, 0.1) is 0 Å².